The van der Waals surface area contributed by atoms with E-state index in [1.54, 1.807) is 18.2 Å². The number of benzene rings is 1. The molecule has 90 valence electrons. The molecule has 0 aromatic heterocycles. The molecule has 5 heteroatoms. The Hall–Kier alpha value is -0.750. The topological polar surface area (TPSA) is 86.7 Å². The summed E-state index contributed by atoms with van der Waals surface area (Å²) < 4.78 is 0. The van der Waals surface area contributed by atoms with Crippen molar-refractivity contribution in [1.82, 2.24) is 0 Å². The van der Waals surface area contributed by atoms with Crippen LogP contribution in [-0.4, -0.2) is 27.2 Å². The molecule has 0 aliphatic carbocycles. The molecule has 0 aliphatic heterocycles. The Bertz CT molecular complexity index is 346. The van der Waals surface area contributed by atoms with Crippen LogP contribution in [0.5, 0.6) is 0 Å². The van der Waals surface area contributed by atoms with Gasteiger partial charge in [0.05, 0.1) is 12.7 Å². The van der Waals surface area contributed by atoms with Gasteiger partial charge in [-0.1, -0.05) is 6.07 Å². The predicted octanol–water partition coefficient (Wildman–Crippen LogP) is 0.475. The lowest BCUT2D eigenvalue weighted by molar-refractivity contribution is 0.0172. The molecule has 1 rings (SSSR count). The molecule has 1 aromatic carbocycles. The summed E-state index contributed by atoms with van der Waals surface area (Å²) in [5.74, 6) is 0.500. The minimum Gasteiger partial charge on any atom is -0.398 e. The van der Waals surface area contributed by atoms with Gasteiger partial charge in [-0.3, -0.25) is 0 Å². The van der Waals surface area contributed by atoms with Crippen LogP contribution in [0.2, 0.25) is 0 Å². The second-order valence-corrected chi connectivity index (χ2v) is 4.09. The normalized spacial score (nSPS) is 14.8. The van der Waals surface area contributed by atoms with E-state index in [1.165, 1.54) is 0 Å². The molecule has 0 amide bonds. The molecule has 0 heterocycles. The van der Waals surface area contributed by atoms with E-state index in [-0.39, 0.29) is 6.61 Å². The third kappa shape index (κ3) is 3.12. The lowest BCUT2D eigenvalue weighted by atomic mass is 10.00. The number of anilines is 1. The van der Waals surface area contributed by atoms with Crippen LogP contribution in [-0.2, 0) is 6.61 Å². The van der Waals surface area contributed by atoms with Crippen LogP contribution in [0, 0.1) is 0 Å². The Kier molecular flexibility index (Phi) is 5.08. The van der Waals surface area contributed by atoms with E-state index < -0.39 is 12.2 Å². The second-order valence-electron chi connectivity index (χ2n) is 3.64. The summed E-state index contributed by atoms with van der Waals surface area (Å²) >= 11 is 3.99. The molecule has 0 fully saturated rings. The summed E-state index contributed by atoms with van der Waals surface area (Å²) in [7, 11) is 0. The van der Waals surface area contributed by atoms with Gasteiger partial charge in [0.15, 0.2) is 0 Å². The highest BCUT2D eigenvalue weighted by atomic mass is 32.1. The average Bonchev–Trinajstić information content (AvgIpc) is 2.29. The quantitative estimate of drug-likeness (QED) is 0.384. The Balaban J connectivity index is 2.87. The van der Waals surface area contributed by atoms with E-state index >= 15 is 0 Å². The molecule has 0 saturated heterocycles. The van der Waals surface area contributed by atoms with Crippen LogP contribution in [0.1, 0.15) is 23.7 Å². The van der Waals surface area contributed by atoms with Crippen molar-refractivity contribution in [3.8, 4) is 0 Å². The monoisotopic (exact) mass is 243 g/mol. The third-order valence-corrected chi connectivity index (χ3v) is 2.73. The first-order valence-corrected chi connectivity index (χ1v) is 5.69. The molecular formula is C11H17NO3S. The van der Waals surface area contributed by atoms with Gasteiger partial charge in [-0.05, 0) is 29.9 Å². The van der Waals surface area contributed by atoms with Crippen LogP contribution in [0.3, 0.4) is 0 Å². The first-order valence-electron chi connectivity index (χ1n) is 5.06. The summed E-state index contributed by atoms with van der Waals surface area (Å²) in [5.41, 5.74) is 7.19. The summed E-state index contributed by atoms with van der Waals surface area (Å²) in [6.07, 6.45) is -1.42. The fourth-order valence-electron chi connectivity index (χ4n) is 1.46. The number of aliphatic hydroxyl groups excluding tert-OH is 3. The van der Waals surface area contributed by atoms with Crippen molar-refractivity contribution in [1.29, 1.82) is 0 Å². The Morgan fingerprint density at radius 3 is 2.56 bits per heavy atom. The molecule has 0 bridgehead atoms. The van der Waals surface area contributed by atoms with Gasteiger partial charge in [0.2, 0.25) is 0 Å². The maximum Gasteiger partial charge on any atom is 0.105 e. The summed E-state index contributed by atoms with van der Waals surface area (Å²) in [6, 6.07) is 4.85. The Morgan fingerprint density at radius 1 is 1.31 bits per heavy atom. The van der Waals surface area contributed by atoms with Gasteiger partial charge in [-0.2, -0.15) is 12.6 Å². The fraction of sp³-hybridized carbons (Fsp3) is 0.455. The predicted molar refractivity (Wildman–Crippen MR) is 66.2 cm³/mol. The number of rotatable bonds is 5. The van der Waals surface area contributed by atoms with Gasteiger partial charge in [-0.25, -0.2) is 0 Å². The standard InChI is InChI=1S/C11H17NO3S/c12-9-2-1-7(5-8(9)6-13)11(15)10(14)3-4-16/h1-2,5,10-11,13-16H,3-4,6,12H2. The van der Waals surface area contributed by atoms with Gasteiger partial charge in [0.25, 0.3) is 0 Å². The van der Waals surface area contributed by atoms with Crippen molar-refractivity contribution in [2.45, 2.75) is 25.2 Å². The molecule has 5 N–H and O–H groups in total. The number of nitrogen functional groups attached to an aromatic ring is 1. The van der Waals surface area contributed by atoms with E-state index in [1.807, 2.05) is 0 Å². The molecule has 0 radical (unpaired) electrons. The average molecular weight is 243 g/mol. The van der Waals surface area contributed by atoms with Crippen LogP contribution in [0.15, 0.2) is 18.2 Å². The van der Waals surface area contributed by atoms with Crippen molar-refractivity contribution in [2.24, 2.45) is 0 Å². The molecule has 2 unspecified atom stereocenters. The van der Waals surface area contributed by atoms with Gasteiger partial charge < -0.3 is 21.1 Å². The SMILES string of the molecule is Nc1ccc(C(O)C(O)CCS)cc1CO. The second kappa shape index (κ2) is 6.10. The molecular weight excluding hydrogens is 226 g/mol. The number of thiol groups is 1. The molecule has 0 spiro atoms. The van der Waals surface area contributed by atoms with E-state index in [9.17, 15) is 10.2 Å². The highest BCUT2D eigenvalue weighted by molar-refractivity contribution is 7.80. The zero-order chi connectivity index (χ0) is 12.1. The van der Waals surface area contributed by atoms with E-state index in [0.29, 0.717) is 29.0 Å². The zero-order valence-electron chi connectivity index (χ0n) is 8.87. The van der Waals surface area contributed by atoms with Crippen molar-refractivity contribution in [2.75, 3.05) is 11.5 Å². The molecule has 0 saturated carbocycles. The summed E-state index contributed by atoms with van der Waals surface area (Å²) in [6.45, 7) is -0.185. The van der Waals surface area contributed by atoms with E-state index in [0.717, 1.165) is 0 Å². The van der Waals surface area contributed by atoms with Gasteiger partial charge >= 0.3 is 0 Å². The largest absolute Gasteiger partial charge is 0.398 e. The lowest BCUT2D eigenvalue weighted by Gasteiger charge is -2.18. The van der Waals surface area contributed by atoms with Gasteiger partial charge in [0, 0.05) is 11.3 Å². The maximum atomic E-state index is 9.82. The Morgan fingerprint density at radius 2 is 2.00 bits per heavy atom. The van der Waals surface area contributed by atoms with Crippen molar-refractivity contribution in [3.63, 3.8) is 0 Å². The summed E-state index contributed by atoms with van der Waals surface area (Å²) in [5, 5.41) is 28.5. The van der Waals surface area contributed by atoms with Crippen LogP contribution in [0.25, 0.3) is 0 Å². The molecule has 0 aliphatic rings. The third-order valence-electron chi connectivity index (χ3n) is 2.47. The van der Waals surface area contributed by atoms with Gasteiger partial charge in [-0.15, -0.1) is 0 Å². The first kappa shape index (κ1) is 13.3. The van der Waals surface area contributed by atoms with Crippen molar-refractivity contribution in [3.05, 3.63) is 29.3 Å². The van der Waals surface area contributed by atoms with Crippen LogP contribution >= 0.6 is 12.6 Å². The number of aliphatic hydroxyl groups is 3. The zero-order valence-corrected chi connectivity index (χ0v) is 9.77. The Labute approximate surface area is 100 Å². The van der Waals surface area contributed by atoms with Crippen LogP contribution < -0.4 is 5.73 Å². The lowest BCUT2D eigenvalue weighted by Crippen LogP contribution is -2.19. The summed E-state index contributed by atoms with van der Waals surface area (Å²) in [4.78, 5) is 0. The van der Waals surface area contributed by atoms with Crippen molar-refractivity contribution < 1.29 is 15.3 Å². The van der Waals surface area contributed by atoms with Crippen molar-refractivity contribution >= 4 is 18.3 Å². The van der Waals surface area contributed by atoms with Crippen LogP contribution in [0.4, 0.5) is 5.69 Å². The molecule has 2 atom stereocenters. The minimum absolute atomic E-state index is 0.185. The first-order chi connectivity index (χ1) is 7.60. The van der Waals surface area contributed by atoms with Gasteiger partial charge in [0.1, 0.15) is 6.10 Å². The van der Waals surface area contributed by atoms with E-state index in [2.05, 4.69) is 12.6 Å². The fourth-order valence-corrected chi connectivity index (χ4v) is 1.72. The smallest absolute Gasteiger partial charge is 0.105 e. The number of hydrogen-bond acceptors (Lipinski definition) is 5. The van der Waals surface area contributed by atoms with E-state index in [4.69, 9.17) is 10.8 Å². The number of nitrogens with two attached hydrogens (primary N) is 1. The molecule has 1 aromatic rings. The minimum atomic E-state index is -0.974. The highest BCUT2D eigenvalue weighted by Crippen LogP contribution is 2.23. The molecule has 16 heavy (non-hydrogen) atoms. The molecule has 4 nitrogen and oxygen atoms in total. The number of hydrogen-bond donors (Lipinski definition) is 5. The highest BCUT2D eigenvalue weighted by Gasteiger charge is 2.18. The maximum absolute atomic E-state index is 9.82.